The van der Waals surface area contributed by atoms with Gasteiger partial charge in [-0.1, -0.05) is 36.4 Å². The number of rotatable bonds is 7. The number of hydrogen-bond acceptors (Lipinski definition) is 6. The lowest BCUT2D eigenvalue weighted by Gasteiger charge is -2.24. The molecule has 140 valence electrons. The number of nitrogens with zero attached hydrogens (tertiary/aromatic N) is 4. The number of nitrogens with one attached hydrogen (secondary N) is 2. The van der Waals surface area contributed by atoms with E-state index in [0.29, 0.717) is 18.0 Å². The molecule has 8 heteroatoms. The molecule has 0 saturated carbocycles. The van der Waals surface area contributed by atoms with Crippen molar-refractivity contribution in [2.75, 3.05) is 16.8 Å². The standard InChI is InChI=1S/C20H19N7O/c21-18(28)12-27(11-14-5-2-1-3-6-14)16-8-4-7-15(9-16)25-19-17-10-24-26-20(17)23-13-22-19/h1-10,13H,11-12H2,(H2,21,28)(H2,22,23,24,25,26). The van der Waals surface area contributed by atoms with Gasteiger partial charge in [0.2, 0.25) is 5.91 Å². The van der Waals surface area contributed by atoms with Crippen molar-refractivity contribution in [2.24, 2.45) is 5.73 Å². The summed E-state index contributed by atoms with van der Waals surface area (Å²) in [6, 6.07) is 17.7. The Balaban J connectivity index is 1.61. The van der Waals surface area contributed by atoms with E-state index >= 15 is 0 Å². The molecule has 2 aromatic heterocycles. The fourth-order valence-corrected chi connectivity index (χ4v) is 3.01. The molecule has 4 aromatic rings. The van der Waals surface area contributed by atoms with Gasteiger partial charge >= 0.3 is 0 Å². The number of nitrogens with two attached hydrogens (primary N) is 1. The average Bonchev–Trinajstić information content (AvgIpc) is 3.18. The van der Waals surface area contributed by atoms with E-state index in [4.69, 9.17) is 5.73 Å². The fourth-order valence-electron chi connectivity index (χ4n) is 3.01. The van der Waals surface area contributed by atoms with Crippen LogP contribution in [0, 0.1) is 0 Å². The summed E-state index contributed by atoms with van der Waals surface area (Å²) in [7, 11) is 0. The number of carbonyl (C=O) groups is 1. The number of aromatic amines is 1. The molecule has 0 aliphatic carbocycles. The normalized spacial score (nSPS) is 10.7. The maximum absolute atomic E-state index is 11.6. The highest BCUT2D eigenvalue weighted by molar-refractivity contribution is 5.88. The lowest BCUT2D eigenvalue weighted by atomic mass is 10.2. The zero-order valence-electron chi connectivity index (χ0n) is 15.0. The molecule has 8 nitrogen and oxygen atoms in total. The number of hydrogen-bond donors (Lipinski definition) is 3. The van der Waals surface area contributed by atoms with Crippen LogP contribution in [0.2, 0.25) is 0 Å². The molecule has 28 heavy (non-hydrogen) atoms. The second-order valence-electron chi connectivity index (χ2n) is 6.34. The van der Waals surface area contributed by atoms with Crippen LogP contribution in [-0.2, 0) is 11.3 Å². The first kappa shape index (κ1) is 17.5. The summed E-state index contributed by atoms with van der Waals surface area (Å²) in [6.07, 6.45) is 3.15. The monoisotopic (exact) mass is 373 g/mol. The Labute approximate surface area is 161 Å². The molecule has 0 aliphatic heterocycles. The van der Waals surface area contributed by atoms with Gasteiger partial charge in [-0.05, 0) is 23.8 Å². The SMILES string of the molecule is NC(=O)CN(Cc1ccccc1)c1cccc(Nc2ncnc3[nH]ncc23)c1. The molecule has 0 aliphatic rings. The molecule has 0 unspecified atom stereocenters. The predicted molar refractivity (Wildman–Crippen MR) is 108 cm³/mol. The highest BCUT2D eigenvalue weighted by Crippen LogP contribution is 2.25. The predicted octanol–water partition coefficient (Wildman–Crippen LogP) is 2.59. The molecule has 0 radical (unpaired) electrons. The Hall–Kier alpha value is -3.94. The molecule has 4 rings (SSSR count). The van der Waals surface area contributed by atoms with Crippen molar-refractivity contribution in [3.63, 3.8) is 0 Å². The van der Waals surface area contributed by atoms with Gasteiger partial charge in [0, 0.05) is 17.9 Å². The van der Waals surface area contributed by atoms with Crippen molar-refractivity contribution in [3.05, 3.63) is 72.7 Å². The summed E-state index contributed by atoms with van der Waals surface area (Å²) in [5.41, 5.74) is 8.94. The summed E-state index contributed by atoms with van der Waals surface area (Å²) >= 11 is 0. The Morgan fingerprint density at radius 3 is 2.79 bits per heavy atom. The van der Waals surface area contributed by atoms with Crippen LogP contribution in [0.1, 0.15) is 5.56 Å². The summed E-state index contributed by atoms with van der Waals surface area (Å²) in [6.45, 7) is 0.699. The minimum absolute atomic E-state index is 0.123. The topological polar surface area (TPSA) is 113 Å². The fraction of sp³-hybridized carbons (Fsp3) is 0.100. The molecule has 2 aromatic carbocycles. The van der Waals surface area contributed by atoms with Crippen molar-refractivity contribution in [1.82, 2.24) is 20.2 Å². The van der Waals surface area contributed by atoms with Crippen LogP contribution in [0.3, 0.4) is 0 Å². The third-order valence-electron chi connectivity index (χ3n) is 4.29. The highest BCUT2D eigenvalue weighted by Gasteiger charge is 2.12. The maximum Gasteiger partial charge on any atom is 0.236 e. The van der Waals surface area contributed by atoms with Crippen molar-refractivity contribution in [2.45, 2.75) is 6.54 Å². The summed E-state index contributed by atoms with van der Waals surface area (Å²) < 4.78 is 0. The molecule has 4 N–H and O–H groups in total. The molecule has 0 spiro atoms. The summed E-state index contributed by atoms with van der Waals surface area (Å²) in [5.74, 6) is 0.269. The number of benzene rings is 2. The van der Waals surface area contributed by atoms with Gasteiger partial charge in [0.1, 0.15) is 12.1 Å². The van der Waals surface area contributed by atoms with E-state index in [2.05, 4.69) is 25.5 Å². The molecule has 0 bridgehead atoms. The first-order chi connectivity index (χ1) is 13.7. The highest BCUT2D eigenvalue weighted by atomic mass is 16.1. The lowest BCUT2D eigenvalue weighted by molar-refractivity contribution is -0.116. The Kier molecular flexibility index (Phi) is 4.83. The van der Waals surface area contributed by atoms with Gasteiger partial charge < -0.3 is 16.0 Å². The van der Waals surface area contributed by atoms with E-state index in [-0.39, 0.29) is 12.5 Å². The number of aromatic nitrogens is 4. The van der Waals surface area contributed by atoms with E-state index in [9.17, 15) is 4.79 Å². The Bertz CT molecular complexity index is 1090. The Morgan fingerprint density at radius 2 is 1.96 bits per heavy atom. The lowest BCUT2D eigenvalue weighted by Crippen LogP contribution is -2.33. The van der Waals surface area contributed by atoms with Gasteiger partial charge in [0.25, 0.3) is 0 Å². The molecule has 0 atom stereocenters. The first-order valence-corrected chi connectivity index (χ1v) is 8.77. The van der Waals surface area contributed by atoms with Crippen molar-refractivity contribution in [1.29, 1.82) is 0 Å². The third-order valence-corrected chi connectivity index (χ3v) is 4.29. The van der Waals surface area contributed by atoms with Gasteiger partial charge in [-0.2, -0.15) is 5.10 Å². The largest absolute Gasteiger partial charge is 0.368 e. The van der Waals surface area contributed by atoms with E-state index in [1.54, 1.807) is 6.20 Å². The number of amides is 1. The average molecular weight is 373 g/mol. The third kappa shape index (κ3) is 3.90. The van der Waals surface area contributed by atoms with Crippen LogP contribution >= 0.6 is 0 Å². The number of carbonyl (C=O) groups excluding carboxylic acids is 1. The van der Waals surface area contributed by atoms with Crippen molar-refractivity contribution >= 4 is 34.1 Å². The van der Waals surface area contributed by atoms with Gasteiger partial charge in [-0.25, -0.2) is 9.97 Å². The molecule has 1 amide bonds. The summed E-state index contributed by atoms with van der Waals surface area (Å²) in [4.78, 5) is 22.0. The smallest absolute Gasteiger partial charge is 0.236 e. The molecule has 0 fully saturated rings. The molecular formula is C20H19N7O. The van der Waals surface area contributed by atoms with Crippen LogP contribution in [-0.4, -0.2) is 32.6 Å². The van der Waals surface area contributed by atoms with E-state index in [0.717, 1.165) is 22.3 Å². The number of primary amides is 1. The van der Waals surface area contributed by atoms with Crippen molar-refractivity contribution < 1.29 is 4.79 Å². The maximum atomic E-state index is 11.6. The van der Waals surface area contributed by atoms with Crippen LogP contribution in [0.25, 0.3) is 11.0 Å². The van der Waals surface area contributed by atoms with Crippen LogP contribution in [0.4, 0.5) is 17.2 Å². The van der Waals surface area contributed by atoms with E-state index in [1.165, 1.54) is 6.33 Å². The second kappa shape index (κ2) is 7.75. The quantitative estimate of drug-likeness (QED) is 0.459. The molecular weight excluding hydrogens is 354 g/mol. The Morgan fingerprint density at radius 1 is 1.11 bits per heavy atom. The van der Waals surface area contributed by atoms with Crippen LogP contribution in [0.5, 0.6) is 0 Å². The van der Waals surface area contributed by atoms with Crippen molar-refractivity contribution in [3.8, 4) is 0 Å². The van der Waals surface area contributed by atoms with Gasteiger partial charge in [0.05, 0.1) is 18.1 Å². The number of anilines is 3. The van der Waals surface area contributed by atoms with Gasteiger partial charge in [0.15, 0.2) is 5.65 Å². The van der Waals surface area contributed by atoms with Gasteiger partial charge in [-0.3, -0.25) is 9.89 Å². The number of H-pyrrole nitrogens is 1. The molecule has 2 heterocycles. The van der Waals surface area contributed by atoms with E-state index < -0.39 is 0 Å². The zero-order valence-corrected chi connectivity index (χ0v) is 15.0. The van der Waals surface area contributed by atoms with Crippen LogP contribution < -0.4 is 16.0 Å². The zero-order chi connectivity index (χ0) is 19.3. The number of fused-ring (bicyclic) bond motifs is 1. The van der Waals surface area contributed by atoms with E-state index in [1.807, 2.05) is 59.5 Å². The minimum atomic E-state index is -0.384. The molecule has 0 saturated heterocycles. The second-order valence-corrected chi connectivity index (χ2v) is 6.34. The minimum Gasteiger partial charge on any atom is -0.368 e. The summed E-state index contributed by atoms with van der Waals surface area (Å²) in [5, 5.41) is 10.9. The first-order valence-electron chi connectivity index (χ1n) is 8.77. The van der Waals surface area contributed by atoms with Gasteiger partial charge in [-0.15, -0.1) is 0 Å². The van der Waals surface area contributed by atoms with Crippen LogP contribution in [0.15, 0.2) is 67.1 Å².